The summed E-state index contributed by atoms with van der Waals surface area (Å²) in [7, 11) is 0. The van der Waals surface area contributed by atoms with E-state index in [0.29, 0.717) is 11.0 Å². The molecule has 0 amide bonds. The Morgan fingerprint density at radius 1 is 1.33 bits per heavy atom. The minimum Gasteiger partial charge on any atom is -0.462 e. The number of ether oxygens (including phenoxy) is 1. The zero-order valence-corrected chi connectivity index (χ0v) is 15.2. The SMILES string of the molecule is C=CCN(O)c1nc2c(=O)c3cc(CC)ccc3oc2cc1C(=O)OCC. The summed E-state index contributed by atoms with van der Waals surface area (Å²) in [6, 6.07) is 6.74. The molecule has 140 valence electrons. The van der Waals surface area contributed by atoms with Crippen molar-refractivity contribution in [2.75, 3.05) is 18.2 Å². The Morgan fingerprint density at radius 2 is 2.11 bits per heavy atom. The van der Waals surface area contributed by atoms with Crippen molar-refractivity contribution in [3.63, 3.8) is 0 Å². The summed E-state index contributed by atoms with van der Waals surface area (Å²) >= 11 is 0. The van der Waals surface area contributed by atoms with Crippen LogP contribution in [0, 0.1) is 0 Å². The maximum atomic E-state index is 12.9. The molecule has 0 radical (unpaired) electrons. The molecule has 0 aliphatic rings. The lowest BCUT2D eigenvalue weighted by molar-refractivity contribution is 0.0524. The first-order chi connectivity index (χ1) is 13.0. The number of hydroxylamine groups is 1. The van der Waals surface area contributed by atoms with Crippen molar-refractivity contribution in [1.82, 2.24) is 4.98 Å². The molecule has 0 aliphatic carbocycles. The molecular weight excluding hydrogens is 348 g/mol. The highest BCUT2D eigenvalue weighted by Gasteiger charge is 2.22. The zero-order valence-electron chi connectivity index (χ0n) is 15.2. The second kappa shape index (κ2) is 7.59. The molecule has 0 spiro atoms. The number of aromatic nitrogens is 1. The molecule has 2 aromatic heterocycles. The maximum absolute atomic E-state index is 12.9. The second-order valence-corrected chi connectivity index (χ2v) is 5.91. The van der Waals surface area contributed by atoms with Crippen molar-refractivity contribution >= 4 is 33.9 Å². The Morgan fingerprint density at radius 3 is 2.78 bits per heavy atom. The zero-order chi connectivity index (χ0) is 19.6. The van der Waals surface area contributed by atoms with Gasteiger partial charge in [0, 0.05) is 6.07 Å². The number of carbonyl (C=O) groups is 1. The normalized spacial score (nSPS) is 10.9. The third-order valence-electron chi connectivity index (χ3n) is 4.14. The number of hydrogen-bond acceptors (Lipinski definition) is 7. The smallest absolute Gasteiger partial charge is 0.342 e. The van der Waals surface area contributed by atoms with E-state index in [2.05, 4.69) is 11.6 Å². The fraction of sp³-hybridized carbons (Fsp3) is 0.250. The molecule has 0 atom stereocenters. The Balaban J connectivity index is 2.33. The van der Waals surface area contributed by atoms with Gasteiger partial charge in [0.25, 0.3) is 0 Å². The first kappa shape index (κ1) is 18.6. The van der Waals surface area contributed by atoms with E-state index in [1.165, 1.54) is 12.1 Å². The van der Waals surface area contributed by atoms with Gasteiger partial charge in [-0.15, -0.1) is 6.58 Å². The second-order valence-electron chi connectivity index (χ2n) is 5.91. The third kappa shape index (κ3) is 3.41. The van der Waals surface area contributed by atoms with Crippen LogP contribution < -0.4 is 10.5 Å². The van der Waals surface area contributed by atoms with Crippen LogP contribution in [0.4, 0.5) is 5.82 Å². The van der Waals surface area contributed by atoms with E-state index < -0.39 is 5.97 Å². The van der Waals surface area contributed by atoms with Gasteiger partial charge in [-0.1, -0.05) is 19.1 Å². The lowest BCUT2D eigenvalue weighted by Crippen LogP contribution is -2.23. The number of benzene rings is 1. The van der Waals surface area contributed by atoms with Crippen LogP contribution in [-0.2, 0) is 11.2 Å². The van der Waals surface area contributed by atoms with Gasteiger partial charge in [-0.05, 0) is 31.0 Å². The molecule has 0 saturated carbocycles. The van der Waals surface area contributed by atoms with Crippen molar-refractivity contribution in [2.45, 2.75) is 20.3 Å². The van der Waals surface area contributed by atoms with E-state index in [0.717, 1.165) is 17.0 Å². The Hall–Kier alpha value is -3.19. The summed E-state index contributed by atoms with van der Waals surface area (Å²) in [6.07, 6.45) is 2.22. The lowest BCUT2D eigenvalue weighted by atomic mass is 10.1. The predicted octanol–water partition coefficient (Wildman–Crippen LogP) is 3.46. The van der Waals surface area contributed by atoms with E-state index in [-0.39, 0.29) is 41.1 Å². The van der Waals surface area contributed by atoms with E-state index in [9.17, 15) is 14.8 Å². The van der Waals surface area contributed by atoms with Crippen LogP contribution in [0.15, 0.2) is 46.1 Å². The topological polar surface area (TPSA) is 92.9 Å². The quantitative estimate of drug-likeness (QED) is 0.308. The summed E-state index contributed by atoms with van der Waals surface area (Å²) in [5, 5.41) is 11.4. The highest BCUT2D eigenvalue weighted by molar-refractivity contribution is 5.99. The van der Waals surface area contributed by atoms with E-state index >= 15 is 0 Å². The van der Waals surface area contributed by atoms with E-state index in [1.54, 1.807) is 19.1 Å². The number of nitrogens with zero attached hydrogens (tertiary/aromatic N) is 2. The van der Waals surface area contributed by atoms with Gasteiger partial charge in [-0.25, -0.2) is 14.8 Å². The standard InChI is InChI=1S/C20H20N2O5/c1-4-9-22(25)19-14(20(24)26-6-3)11-16-17(21-19)18(23)13-10-12(5-2)7-8-15(13)27-16/h4,7-8,10-11,25H,1,5-6,9H2,2-3H3. The summed E-state index contributed by atoms with van der Waals surface area (Å²) < 4.78 is 10.8. The number of fused-ring (bicyclic) bond motifs is 2. The Kier molecular flexibility index (Phi) is 5.23. The van der Waals surface area contributed by atoms with Crippen LogP contribution in [0.5, 0.6) is 0 Å². The van der Waals surface area contributed by atoms with Crippen molar-refractivity contribution in [2.24, 2.45) is 0 Å². The van der Waals surface area contributed by atoms with Crippen molar-refractivity contribution < 1.29 is 19.2 Å². The predicted molar refractivity (Wildman–Crippen MR) is 102 cm³/mol. The molecule has 27 heavy (non-hydrogen) atoms. The molecular formula is C20H20N2O5. The fourth-order valence-corrected chi connectivity index (χ4v) is 2.80. The van der Waals surface area contributed by atoms with Gasteiger partial charge in [0.2, 0.25) is 5.43 Å². The number of rotatable bonds is 6. The molecule has 0 saturated heterocycles. The van der Waals surface area contributed by atoms with Crippen LogP contribution >= 0.6 is 0 Å². The maximum Gasteiger partial charge on any atom is 0.342 e. The average molecular weight is 368 g/mol. The molecule has 0 fully saturated rings. The van der Waals surface area contributed by atoms with Crippen LogP contribution in [0.3, 0.4) is 0 Å². The lowest BCUT2D eigenvalue weighted by Gasteiger charge is -2.17. The Labute approximate surface area is 155 Å². The molecule has 2 heterocycles. The van der Waals surface area contributed by atoms with Gasteiger partial charge in [-0.3, -0.25) is 10.0 Å². The third-order valence-corrected chi connectivity index (χ3v) is 4.14. The number of carbonyl (C=O) groups excluding carboxylic acids is 1. The van der Waals surface area contributed by atoms with Crippen LogP contribution in [0.2, 0.25) is 0 Å². The fourth-order valence-electron chi connectivity index (χ4n) is 2.80. The van der Waals surface area contributed by atoms with Crippen LogP contribution in [-0.4, -0.2) is 29.3 Å². The average Bonchev–Trinajstić information content (AvgIpc) is 2.67. The first-order valence-electron chi connectivity index (χ1n) is 8.65. The van der Waals surface area contributed by atoms with Gasteiger partial charge < -0.3 is 9.15 Å². The molecule has 3 aromatic rings. The molecule has 1 N–H and O–H groups in total. The van der Waals surface area contributed by atoms with Crippen molar-refractivity contribution in [3.8, 4) is 0 Å². The van der Waals surface area contributed by atoms with Gasteiger partial charge in [0.15, 0.2) is 16.9 Å². The number of pyridine rings is 1. The highest BCUT2D eigenvalue weighted by atomic mass is 16.5. The number of aryl methyl sites for hydroxylation is 1. The van der Waals surface area contributed by atoms with Crippen LogP contribution in [0.1, 0.15) is 29.8 Å². The monoisotopic (exact) mass is 368 g/mol. The molecule has 1 aromatic carbocycles. The van der Waals surface area contributed by atoms with E-state index in [4.69, 9.17) is 9.15 Å². The molecule has 3 rings (SSSR count). The number of esters is 1. The first-order valence-corrected chi connectivity index (χ1v) is 8.65. The Bertz CT molecular complexity index is 1090. The minimum absolute atomic E-state index is 0.00128. The molecule has 7 nitrogen and oxygen atoms in total. The molecule has 0 unspecified atom stereocenters. The van der Waals surface area contributed by atoms with Gasteiger partial charge in [-0.2, -0.15) is 0 Å². The van der Waals surface area contributed by atoms with Gasteiger partial charge in [0.05, 0.1) is 18.5 Å². The van der Waals surface area contributed by atoms with Crippen LogP contribution in [0.25, 0.3) is 22.1 Å². The molecule has 7 heteroatoms. The van der Waals surface area contributed by atoms with Crippen molar-refractivity contribution in [1.29, 1.82) is 0 Å². The van der Waals surface area contributed by atoms with Gasteiger partial charge >= 0.3 is 5.97 Å². The summed E-state index contributed by atoms with van der Waals surface area (Å²) in [5.74, 6) is -0.756. The number of anilines is 1. The summed E-state index contributed by atoms with van der Waals surface area (Å²) in [5.41, 5.74) is 1.25. The molecule has 0 bridgehead atoms. The minimum atomic E-state index is -0.672. The van der Waals surface area contributed by atoms with Gasteiger partial charge in [0.1, 0.15) is 11.1 Å². The van der Waals surface area contributed by atoms with Crippen molar-refractivity contribution in [3.05, 3.63) is 58.3 Å². The largest absolute Gasteiger partial charge is 0.462 e. The number of hydrogen-bond donors (Lipinski definition) is 1. The van der Waals surface area contributed by atoms with E-state index in [1.807, 2.05) is 13.0 Å². The highest BCUT2D eigenvalue weighted by Crippen LogP contribution is 2.25. The summed E-state index contributed by atoms with van der Waals surface area (Å²) in [6.45, 7) is 7.39. The molecule has 0 aliphatic heterocycles. The summed E-state index contributed by atoms with van der Waals surface area (Å²) in [4.78, 5) is 29.5.